The Morgan fingerprint density at radius 1 is 0.786 bits per heavy atom. The first-order chi connectivity index (χ1) is 20.4. The Kier molecular flexibility index (Phi) is 8.62. The molecule has 0 aromatic heterocycles. The summed E-state index contributed by atoms with van der Waals surface area (Å²) in [6.45, 7) is 3.38. The lowest BCUT2D eigenvalue weighted by Crippen LogP contribution is -2.34. The van der Waals surface area contributed by atoms with Crippen molar-refractivity contribution in [3.63, 3.8) is 0 Å². The van der Waals surface area contributed by atoms with E-state index in [1.54, 1.807) is 39.3 Å². The maximum absolute atomic E-state index is 13.4. The zero-order valence-electron chi connectivity index (χ0n) is 24.0. The van der Waals surface area contributed by atoms with Gasteiger partial charge in [0.25, 0.3) is 0 Å². The molecule has 0 heterocycles. The molecule has 0 aliphatic heterocycles. The second-order valence-corrected chi connectivity index (χ2v) is 10.0. The number of amides is 2. The van der Waals surface area contributed by atoms with Gasteiger partial charge in [0.2, 0.25) is 5.91 Å². The first-order valence-electron chi connectivity index (χ1n) is 13.7. The van der Waals surface area contributed by atoms with Crippen molar-refractivity contribution in [2.24, 2.45) is 0 Å². The van der Waals surface area contributed by atoms with Gasteiger partial charge in [-0.05, 0) is 59.0 Å². The Bertz CT molecular complexity index is 1520. The standard InChI is InChI=1S/C34H34N2O6/c1-21(37)35-22(2)42-24-15-13-23(14-16-24)33(30-18-17-25(39-3)19-32(30)40-4)36-34(38)41-20-31-28-11-7-5-9-26(28)27-10-6-8-12-29(27)31/h5-19,22,31,33H,20H2,1-4H3,(H,35,37)(H,36,38). The topological polar surface area (TPSA) is 95.1 Å². The molecule has 2 atom stereocenters. The molecule has 2 amide bonds. The number of rotatable bonds is 10. The summed E-state index contributed by atoms with van der Waals surface area (Å²) in [7, 11) is 3.16. The van der Waals surface area contributed by atoms with Crippen LogP contribution in [-0.2, 0) is 9.53 Å². The number of benzene rings is 4. The van der Waals surface area contributed by atoms with Crippen molar-refractivity contribution in [1.29, 1.82) is 0 Å². The molecule has 2 N–H and O–H groups in total. The van der Waals surface area contributed by atoms with E-state index in [0.717, 1.165) is 33.4 Å². The van der Waals surface area contributed by atoms with Crippen molar-refractivity contribution >= 4 is 12.0 Å². The molecule has 1 aliphatic rings. The molecular formula is C34H34N2O6. The molecule has 0 saturated heterocycles. The predicted octanol–water partition coefficient (Wildman–Crippen LogP) is 6.19. The van der Waals surface area contributed by atoms with Crippen molar-refractivity contribution in [1.82, 2.24) is 10.6 Å². The molecule has 216 valence electrons. The molecule has 1 aliphatic carbocycles. The Labute approximate surface area is 245 Å². The third-order valence-electron chi connectivity index (χ3n) is 7.29. The smallest absolute Gasteiger partial charge is 0.407 e. The number of nitrogens with one attached hydrogen (secondary N) is 2. The van der Waals surface area contributed by atoms with E-state index in [1.165, 1.54) is 6.92 Å². The summed E-state index contributed by atoms with van der Waals surface area (Å²) in [5.41, 5.74) is 6.13. The van der Waals surface area contributed by atoms with Gasteiger partial charge in [0, 0.05) is 24.5 Å². The second-order valence-electron chi connectivity index (χ2n) is 10.0. The van der Waals surface area contributed by atoms with Crippen molar-refractivity contribution in [3.05, 3.63) is 113 Å². The molecule has 0 radical (unpaired) electrons. The van der Waals surface area contributed by atoms with Gasteiger partial charge in [-0.25, -0.2) is 4.79 Å². The van der Waals surface area contributed by atoms with Crippen molar-refractivity contribution in [2.75, 3.05) is 20.8 Å². The lowest BCUT2D eigenvalue weighted by molar-refractivity contribution is -0.121. The SMILES string of the molecule is COc1ccc(C(NC(=O)OCC2c3ccccc3-c3ccccc32)c2ccc(OC(C)NC(C)=O)cc2)c(OC)c1. The summed E-state index contributed by atoms with van der Waals surface area (Å²) >= 11 is 0. The Morgan fingerprint density at radius 3 is 2.00 bits per heavy atom. The number of carbonyl (C=O) groups excluding carboxylic acids is 2. The largest absolute Gasteiger partial charge is 0.497 e. The van der Waals surface area contributed by atoms with Crippen LogP contribution in [0.25, 0.3) is 11.1 Å². The minimum Gasteiger partial charge on any atom is -0.497 e. The van der Waals surface area contributed by atoms with E-state index in [0.29, 0.717) is 17.2 Å². The molecule has 0 spiro atoms. The lowest BCUT2D eigenvalue weighted by atomic mass is 9.97. The number of methoxy groups -OCH3 is 2. The Morgan fingerprint density at radius 2 is 1.40 bits per heavy atom. The van der Waals surface area contributed by atoms with Gasteiger partial charge >= 0.3 is 6.09 Å². The molecular weight excluding hydrogens is 532 g/mol. The number of hydrogen-bond acceptors (Lipinski definition) is 6. The molecule has 2 unspecified atom stereocenters. The average molecular weight is 567 g/mol. The van der Waals surface area contributed by atoms with Gasteiger partial charge in [-0.1, -0.05) is 60.7 Å². The van der Waals surface area contributed by atoms with E-state index < -0.39 is 18.4 Å². The van der Waals surface area contributed by atoms with E-state index in [4.69, 9.17) is 18.9 Å². The summed E-state index contributed by atoms with van der Waals surface area (Å²) in [6, 6.07) is 28.6. The lowest BCUT2D eigenvalue weighted by Gasteiger charge is -2.23. The third-order valence-corrected chi connectivity index (χ3v) is 7.29. The first-order valence-corrected chi connectivity index (χ1v) is 13.7. The van der Waals surface area contributed by atoms with Crippen LogP contribution in [0.15, 0.2) is 91.0 Å². The Hall–Kier alpha value is -4.98. The fourth-order valence-electron chi connectivity index (χ4n) is 5.41. The fraction of sp³-hybridized carbons (Fsp3) is 0.235. The first kappa shape index (κ1) is 28.5. The van der Waals surface area contributed by atoms with Crippen LogP contribution in [0.2, 0.25) is 0 Å². The molecule has 8 nitrogen and oxygen atoms in total. The highest BCUT2D eigenvalue weighted by molar-refractivity contribution is 5.79. The van der Waals surface area contributed by atoms with Crippen LogP contribution in [0.4, 0.5) is 4.79 Å². The molecule has 0 saturated carbocycles. The van der Waals surface area contributed by atoms with Crippen LogP contribution < -0.4 is 24.8 Å². The van der Waals surface area contributed by atoms with Gasteiger partial charge in [-0.3, -0.25) is 4.79 Å². The van der Waals surface area contributed by atoms with Crippen LogP contribution in [0, 0.1) is 0 Å². The van der Waals surface area contributed by atoms with Crippen LogP contribution in [0.1, 0.15) is 48.1 Å². The fourth-order valence-corrected chi connectivity index (χ4v) is 5.41. The Balaban J connectivity index is 1.38. The van der Waals surface area contributed by atoms with Gasteiger partial charge < -0.3 is 29.6 Å². The number of alkyl carbamates (subject to hydrolysis) is 1. The molecule has 4 aromatic carbocycles. The zero-order valence-corrected chi connectivity index (χ0v) is 24.0. The van der Waals surface area contributed by atoms with Crippen molar-refractivity contribution in [2.45, 2.75) is 32.0 Å². The summed E-state index contributed by atoms with van der Waals surface area (Å²) in [6.07, 6.45) is -1.05. The van der Waals surface area contributed by atoms with E-state index in [-0.39, 0.29) is 18.4 Å². The summed E-state index contributed by atoms with van der Waals surface area (Å²) in [5.74, 6) is 1.52. The monoisotopic (exact) mass is 566 g/mol. The number of ether oxygens (including phenoxy) is 4. The molecule has 0 bridgehead atoms. The van der Waals surface area contributed by atoms with Gasteiger partial charge in [0.1, 0.15) is 23.9 Å². The minimum absolute atomic E-state index is 0.0563. The van der Waals surface area contributed by atoms with E-state index in [1.807, 2.05) is 48.5 Å². The molecule has 5 rings (SSSR count). The third kappa shape index (κ3) is 6.17. The van der Waals surface area contributed by atoms with Crippen LogP contribution >= 0.6 is 0 Å². The molecule has 8 heteroatoms. The molecule has 0 fully saturated rings. The maximum atomic E-state index is 13.4. The normalized spacial score (nSPS) is 13.2. The van der Waals surface area contributed by atoms with Gasteiger partial charge in [-0.15, -0.1) is 0 Å². The second kappa shape index (κ2) is 12.7. The molecule has 4 aromatic rings. The quantitative estimate of drug-likeness (QED) is 0.222. The number of carbonyl (C=O) groups is 2. The van der Waals surface area contributed by atoms with E-state index in [2.05, 4.69) is 34.9 Å². The number of hydrogen-bond donors (Lipinski definition) is 2. The highest BCUT2D eigenvalue weighted by Gasteiger charge is 2.30. The van der Waals surface area contributed by atoms with Crippen molar-refractivity contribution in [3.8, 4) is 28.4 Å². The van der Waals surface area contributed by atoms with Crippen LogP contribution in [-0.4, -0.2) is 39.1 Å². The van der Waals surface area contributed by atoms with Gasteiger partial charge in [0.05, 0.1) is 20.3 Å². The summed E-state index contributed by atoms with van der Waals surface area (Å²) in [4.78, 5) is 24.7. The summed E-state index contributed by atoms with van der Waals surface area (Å²) < 4.78 is 22.7. The van der Waals surface area contributed by atoms with Gasteiger partial charge in [0.15, 0.2) is 6.23 Å². The number of fused-ring (bicyclic) bond motifs is 3. The minimum atomic E-state index is -0.594. The van der Waals surface area contributed by atoms with E-state index in [9.17, 15) is 9.59 Å². The predicted molar refractivity (Wildman–Crippen MR) is 160 cm³/mol. The average Bonchev–Trinajstić information content (AvgIpc) is 3.32. The highest BCUT2D eigenvalue weighted by atomic mass is 16.5. The van der Waals surface area contributed by atoms with Crippen LogP contribution in [0.3, 0.4) is 0 Å². The van der Waals surface area contributed by atoms with Crippen molar-refractivity contribution < 1.29 is 28.5 Å². The summed E-state index contributed by atoms with van der Waals surface area (Å²) in [5, 5.41) is 5.73. The maximum Gasteiger partial charge on any atom is 0.407 e. The van der Waals surface area contributed by atoms with E-state index >= 15 is 0 Å². The zero-order chi connectivity index (χ0) is 29.6. The van der Waals surface area contributed by atoms with Gasteiger partial charge in [-0.2, -0.15) is 0 Å². The molecule has 42 heavy (non-hydrogen) atoms. The highest BCUT2D eigenvalue weighted by Crippen LogP contribution is 2.44. The van der Waals surface area contributed by atoms with Crippen LogP contribution in [0.5, 0.6) is 17.2 Å².